The SMILES string of the molecule is Nc1ncc(F)c(Nc2ccc(Cl)cc2I)n1. The number of hydrogen-bond acceptors (Lipinski definition) is 4. The third-order valence-electron chi connectivity index (χ3n) is 1.95. The molecule has 0 spiro atoms. The largest absolute Gasteiger partial charge is 0.368 e. The number of nitrogens with two attached hydrogens (primary N) is 1. The van der Waals surface area contributed by atoms with Gasteiger partial charge in [-0.05, 0) is 40.8 Å². The van der Waals surface area contributed by atoms with Gasteiger partial charge in [0, 0.05) is 8.59 Å². The molecule has 0 aliphatic carbocycles. The Morgan fingerprint density at radius 2 is 2.18 bits per heavy atom. The Morgan fingerprint density at radius 3 is 2.88 bits per heavy atom. The van der Waals surface area contributed by atoms with Crippen LogP contribution in [-0.2, 0) is 0 Å². The molecule has 0 atom stereocenters. The number of hydrogen-bond donors (Lipinski definition) is 2. The highest BCUT2D eigenvalue weighted by atomic mass is 127. The summed E-state index contributed by atoms with van der Waals surface area (Å²) < 4.78 is 14.2. The molecule has 1 aromatic heterocycles. The summed E-state index contributed by atoms with van der Waals surface area (Å²) in [5.74, 6) is -0.513. The Labute approximate surface area is 116 Å². The number of aromatic nitrogens is 2. The summed E-state index contributed by atoms with van der Waals surface area (Å²) in [5, 5.41) is 3.45. The average molecular weight is 365 g/mol. The van der Waals surface area contributed by atoms with Gasteiger partial charge in [0.2, 0.25) is 5.95 Å². The van der Waals surface area contributed by atoms with Gasteiger partial charge in [0.1, 0.15) is 0 Å². The highest BCUT2D eigenvalue weighted by molar-refractivity contribution is 14.1. The Kier molecular flexibility index (Phi) is 3.63. The van der Waals surface area contributed by atoms with Crippen molar-refractivity contribution in [3.8, 4) is 0 Å². The number of nitrogens with zero attached hydrogens (tertiary/aromatic N) is 2. The second kappa shape index (κ2) is 5.01. The third-order valence-corrected chi connectivity index (χ3v) is 3.07. The van der Waals surface area contributed by atoms with Crippen molar-refractivity contribution in [3.05, 3.63) is 38.8 Å². The summed E-state index contributed by atoms with van der Waals surface area (Å²) in [6.07, 6.45) is 1.02. The molecule has 0 fully saturated rings. The van der Waals surface area contributed by atoms with Gasteiger partial charge in [-0.1, -0.05) is 11.6 Å². The van der Waals surface area contributed by atoms with Crippen molar-refractivity contribution in [2.75, 3.05) is 11.1 Å². The van der Waals surface area contributed by atoms with Crippen molar-refractivity contribution in [3.63, 3.8) is 0 Å². The van der Waals surface area contributed by atoms with E-state index < -0.39 is 5.82 Å². The molecule has 4 nitrogen and oxygen atoms in total. The van der Waals surface area contributed by atoms with Crippen molar-refractivity contribution in [1.29, 1.82) is 0 Å². The van der Waals surface area contributed by atoms with Crippen molar-refractivity contribution in [1.82, 2.24) is 9.97 Å². The van der Waals surface area contributed by atoms with Gasteiger partial charge in [0.25, 0.3) is 0 Å². The maximum absolute atomic E-state index is 13.4. The third kappa shape index (κ3) is 2.95. The Hall–Kier alpha value is -1.15. The molecule has 0 aliphatic heterocycles. The van der Waals surface area contributed by atoms with E-state index in [9.17, 15) is 4.39 Å². The highest BCUT2D eigenvalue weighted by Crippen LogP contribution is 2.25. The first-order chi connectivity index (χ1) is 8.06. The molecule has 2 aromatic rings. The molecule has 0 saturated heterocycles. The molecule has 0 saturated carbocycles. The van der Waals surface area contributed by atoms with Gasteiger partial charge in [0.15, 0.2) is 11.6 Å². The highest BCUT2D eigenvalue weighted by Gasteiger charge is 2.08. The van der Waals surface area contributed by atoms with Crippen LogP contribution < -0.4 is 11.1 Å². The summed E-state index contributed by atoms with van der Waals surface area (Å²) in [5.41, 5.74) is 6.09. The number of halogens is 3. The van der Waals surface area contributed by atoms with Crippen molar-refractivity contribution < 1.29 is 4.39 Å². The lowest BCUT2D eigenvalue weighted by molar-refractivity contribution is 0.620. The number of nitrogens with one attached hydrogen (secondary N) is 1. The number of rotatable bonds is 2. The van der Waals surface area contributed by atoms with Gasteiger partial charge in [-0.2, -0.15) is 4.98 Å². The number of anilines is 3. The summed E-state index contributed by atoms with van der Waals surface area (Å²) in [4.78, 5) is 7.32. The van der Waals surface area contributed by atoms with Crippen LogP contribution in [-0.4, -0.2) is 9.97 Å². The molecule has 7 heteroatoms. The molecule has 1 aromatic carbocycles. The Bertz CT molecular complexity index is 564. The predicted molar refractivity (Wildman–Crippen MR) is 73.9 cm³/mol. The fourth-order valence-corrected chi connectivity index (χ4v) is 2.19. The van der Waals surface area contributed by atoms with Crippen LogP contribution in [0.25, 0.3) is 0 Å². The fraction of sp³-hybridized carbons (Fsp3) is 0. The normalized spacial score (nSPS) is 10.3. The first-order valence-corrected chi connectivity index (χ1v) is 6.02. The van der Waals surface area contributed by atoms with Crippen LogP contribution in [0.1, 0.15) is 0 Å². The smallest absolute Gasteiger partial charge is 0.222 e. The van der Waals surface area contributed by atoms with E-state index in [1.807, 2.05) is 0 Å². The standard InChI is InChI=1S/C10H7ClFIN4/c11-5-1-2-8(7(13)3-5)16-9-6(12)4-15-10(14)17-9/h1-4H,(H3,14,15,16,17). The second-order valence-corrected chi connectivity index (χ2v) is 4.77. The lowest BCUT2D eigenvalue weighted by atomic mass is 10.3. The molecule has 0 radical (unpaired) electrons. The predicted octanol–water partition coefficient (Wildman–Crippen LogP) is 3.20. The first-order valence-electron chi connectivity index (χ1n) is 4.56. The van der Waals surface area contributed by atoms with Crippen LogP contribution in [0.15, 0.2) is 24.4 Å². The van der Waals surface area contributed by atoms with E-state index >= 15 is 0 Å². The van der Waals surface area contributed by atoms with Crippen LogP contribution in [0, 0.1) is 9.39 Å². The quantitative estimate of drug-likeness (QED) is 0.803. The monoisotopic (exact) mass is 364 g/mol. The molecule has 0 unspecified atom stereocenters. The Balaban J connectivity index is 2.34. The van der Waals surface area contributed by atoms with Gasteiger partial charge in [-0.15, -0.1) is 0 Å². The molecule has 0 bridgehead atoms. The van der Waals surface area contributed by atoms with E-state index in [0.29, 0.717) is 10.7 Å². The first kappa shape index (κ1) is 12.3. The van der Waals surface area contributed by atoms with Crippen LogP contribution in [0.3, 0.4) is 0 Å². The van der Waals surface area contributed by atoms with Crippen LogP contribution in [0.2, 0.25) is 5.02 Å². The molecule has 17 heavy (non-hydrogen) atoms. The van der Waals surface area contributed by atoms with E-state index in [1.165, 1.54) is 0 Å². The molecule has 0 aliphatic rings. The zero-order valence-electron chi connectivity index (χ0n) is 8.42. The minimum atomic E-state index is -0.565. The molecule has 0 amide bonds. The molecular weight excluding hydrogens is 357 g/mol. The van der Waals surface area contributed by atoms with Crippen molar-refractivity contribution in [2.24, 2.45) is 0 Å². The van der Waals surface area contributed by atoms with Crippen LogP contribution >= 0.6 is 34.2 Å². The molecule has 2 rings (SSSR count). The number of nitrogen functional groups attached to an aromatic ring is 1. The molecule has 88 valence electrons. The maximum atomic E-state index is 13.4. The van der Waals surface area contributed by atoms with Crippen molar-refractivity contribution >= 4 is 51.6 Å². The van der Waals surface area contributed by atoms with Gasteiger partial charge in [-0.3, -0.25) is 0 Å². The summed E-state index contributed by atoms with van der Waals surface area (Å²) in [7, 11) is 0. The minimum absolute atomic E-state index is 0.0119. The van der Waals surface area contributed by atoms with Crippen molar-refractivity contribution in [2.45, 2.75) is 0 Å². The summed E-state index contributed by atoms with van der Waals surface area (Å²) in [6.45, 7) is 0. The van der Waals surface area contributed by atoms with Gasteiger partial charge >= 0.3 is 0 Å². The lowest BCUT2D eigenvalue weighted by Crippen LogP contribution is -2.03. The number of benzene rings is 1. The second-order valence-electron chi connectivity index (χ2n) is 3.17. The lowest BCUT2D eigenvalue weighted by Gasteiger charge is -2.08. The summed E-state index contributed by atoms with van der Waals surface area (Å²) >= 11 is 7.91. The zero-order valence-corrected chi connectivity index (χ0v) is 11.3. The van der Waals surface area contributed by atoms with Gasteiger partial charge < -0.3 is 11.1 Å². The molecular formula is C10H7ClFIN4. The summed E-state index contributed by atoms with van der Waals surface area (Å²) in [6, 6.07) is 5.20. The average Bonchev–Trinajstić information content (AvgIpc) is 2.27. The van der Waals surface area contributed by atoms with E-state index in [-0.39, 0.29) is 11.8 Å². The topological polar surface area (TPSA) is 63.8 Å². The zero-order chi connectivity index (χ0) is 12.4. The van der Waals surface area contributed by atoms with E-state index in [2.05, 4.69) is 37.9 Å². The minimum Gasteiger partial charge on any atom is -0.368 e. The van der Waals surface area contributed by atoms with E-state index in [0.717, 1.165) is 9.77 Å². The Morgan fingerprint density at radius 1 is 1.41 bits per heavy atom. The molecule has 1 heterocycles. The van der Waals surface area contributed by atoms with Crippen LogP contribution in [0.4, 0.5) is 21.8 Å². The van der Waals surface area contributed by atoms with Crippen LogP contribution in [0.5, 0.6) is 0 Å². The van der Waals surface area contributed by atoms with E-state index in [4.69, 9.17) is 17.3 Å². The van der Waals surface area contributed by atoms with Gasteiger partial charge in [0.05, 0.1) is 11.9 Å². The maximum Gasteiger partial charge on any atom is 0.222 e. The molecule has 3 N–H and O–H groups in total. The fourth-order valence-electron chi connectivity index (χ4n) is 1.19. The van der Waals surface area contributed by atoms with E-state index in [1.54, 1.807) is 18.2 Å². The van der Waals surface area contributed by atoms with Gasteiger partial charge in [-0.25, -0.2) is 9.37 Å².